The second kappa shape index (κ2) is 11.4. The maximum absolute atomic E-state index is 6.74. The maximum Gasteiger partial charge on any atom is 0.143 e. The van der Waals surface area contributed by atoms with E-state index in [-0.39, 0.29) is 12.3 Å². The first-order chi connectivity index (χ1) is 25.7. The Kier molecular flexibility index (Phi) is 6.39. The molecule has 246 valence electrons. The number of rotatable bonds is 4. The number of aliphatic imine (C=N–C) groups is 1. The van der Waals surface area contributed by atoms with Crippen molar-refractivity contribution in [2.75, 3.05) is 0 Å². The largest absolute Gasteiger partial charge is 0.456 e. The van der Waals surface area contributed by atoms with Gasteiger partial charge in [-0.05, 0) is 63.0 Å². The molecule has 52 heavy (non-hydrogen) atoms. The van der Waals surface area contributed by atoms with Crippen LogP contribution in [0.25, 0.3) is 76.5 Å². The van der Waals surface area contributed by atoms with E-state index in [1.165, 1.54) is 21.5 Å². The maximum atomic E-state index is 6.74. The van der Waals surface area contributed by atoms with E-state index in [0.29, 0.717) is 0 Å². The van der Waals surface area contributed by atoms with E-state index < -0.39 is 0 Å². The molecule has 0 saturated carbocycles. The van der Waals surface area contributed by atoms with Crippen LogP contribution in [0.4, 0.5) is 0 Å². The van der Waals surface area contributed by atoms with Crippen molar-refractivity contribution in [2.24, 2.45) is 4.99 Å². The zero-order valence-corrected chi connectivity index (χ0v) is 28.0. The van der Waals surface area contributed by atoms with E-state index in [2.05, 4.69) is 156 Å². The Morgan fingerprint density at radius 2 is 1.23 bits per heavy atom. The van der Waals surface area contributed by atoms with Gasteiger partial charge in [0.05, 0.1) is 0 Å². The van der Waals surface area contributed by atoms with Gasteiger partial charge in [0.2, 0.25) is 0 Å². The van der Waals surface area contributed by atoms with Crippen LogP contribution in [0.15, 0.2) is 178 Å². The Bertz CT molecular complexity index is 3050. The summed E-state index contributed by atoms with van der Waals surface area (Å²) in [4.78, 5) is 5.32. The predicted molar refractivity (Wildman–Crippen MR) is 213 cm³/mol. The van der Waals surface area contributed by atoms with Crippen molar-refractivity contribution in [3.8, 4) is 11.1 Å². The van der Waals surface area contributed by atoms with Crippen LogP contribution < -0.4 is 10.6 Å². The van der Waals surface area contributed by atoms with Gasteiger partial charge in [-0.3, -0.25) is 5.32 Å². The molecule has 5 heteroatoms. The van der Waals surface area contributed by atoms with Crippen LogP contribution in [-0.4, -0.2) is 5.84 Å². The van der Waals surface area contributed by atoms with Crippen molar-refractivity contribution < 1.29 is 8.83 Å². The normalized spacial score (nSPS) is 16.3. The lowest BCUT2D eigenvalue weighted by Gasteiger charge is -2.32. The minimum atomic E-state index is -0.337. The van der Waals surface area contributed by atoms with Gasteiger partial charge in [0.1, 0.15) is 40.5 Å². The summed E-state index contributed by atoms with van der Waals surface area (Å²) in [6.45, 7) is 0. The first kappa shape index (κ1) is 29.1. The highest BCUT2D eigenvalue weighted by Crippen LogP contribution is 2.41. The van der Waals surface area contributed by atoms with Crippen molar-refractivity contribution in [1.82, 2.24) is 10.6 Å². The molecule has 2 atom stereocenters. The smallest absolute Gasteiger partial charge is 0.143 e. The third kappa shape index (κ3) is 4.57. The van der Waals surface area contributed by atoms with Gasteiger partial charge in [-0.25, -0.2) is 4.99 Å². The SMILES string of the molecule is c1ccc(C2=NC(c3cccc4oc5c(-c6ccc7oc8ccccc8c7c6)cccc5c34)NC(c3ccc4c(ccc5ccccc54)c3)N2)cc1. The summed E-state index contributed by atoms with van der Waals surface area (Å²) in [7, 11) is 0. The van der Waals surface area contributed by atoms with E-state index in [9.17, 15) is 0 Å². The lowest BCUT2D eigenvalue weighted by Crippen LogP contribution is -2.45. The second-order valence-electron chi connectivity index (χ2n) is 13.6. The summed E-state index contributed by atoms with van der Waals surface area (Å²) in [6.07, 6.45) is -0.523. The number of furan rings is 2. The number of hydrogen-bond acceptors (Lipinski definition) is 5. The molecule has 0 aliphatic carbocycles. The summed E-state index contributed by atoms with van der Waals surface area (Å²) >= 11 is 0. The molecular formula is C47H31N3O2. The lowest BCUT2D eigenvalue weighted by atomic mass is 9.97. The number of para-hydroxylation sites is 2. The van der Waals surface area contributed by atoms with Crippen molar-refractivity contribution in [2.45, 2.75) is 12.3 Å². The average molecular weight is 670 g/mol. The first-order valence-corrected chi connectivity index (χ1v) is 17.7. The van der Waals surface area contributed by atoms with Crippen LogP contribution in [0.2, 0.25) is 0 Å². The van der Waals surface area contributed by atoms with Crippen LogP contribution in [0.3, 0.4) is 0 Å². The third-order valence-corrected chi connectivity index (χ3v) is 10.6. The molecular weight excluding hydrogens is 639 g/mol. The molecule has 0 fully saturated rings. The fraction of sp³-hybridized carbons (Fsp3) is 0.0426. The highest BCUT2D eigenvalue weighted by molar-refractivity contribution is 6.13. The van der Waals surface area contributed by atoms with Crippen LogP contribution >= 0.6 is 0 Å². The molecule has 0 radical (unpaired) electrons. The van der Waals surface area contributed by atoms with Gasteiger partial charge in [-0.1, -0.05) is 133 Å². The van der Waals surface area contributed by atoms with Crippen molar-refractivity contribution in [3.05, 3.63) is 180 Å². The molecule has 2 aromatic heterocycles. The minimum absolute atomic E-state index is 0.186. The average Bonchev–Trinajstić information content (AvgIpc) is 3.79. The minimum Gasteiger partial charge on any atom is -0.456 e. The molecule has 5 nitrogen and oxygen atoms in total. The fourth-order valence-electron chi connectivity index (χ4n) is 8.07. The van der Waals surface area contributed by atoms with Crippen LogP contribution in [0.5, 0.6) is 0 Å². The summed E-state index contributed by atoms with van der Waals surface area (Å²) < 4.78 is 12.9. The number of amidine groups is 1. The van der Waals surface area contributed by atoms with Crippen molar-refractivity contribution in [3.63, 3.8) is 0 Å². The zero-order chi connectivity index (χ0) is 34.2. The molecule has 1 aliphatic rings. The number of hydrogen-bond donors (Lipinski definition) is 2. The predicted octanol–water partition coefficient (Wildman–Crippen LogP) is 11.8. The van der Waals surface area contributed by atoms with E-state index in [0.717, 1.165) is 77.5 Å². The Hall–Kier alpha value is -6.69. The van der Waals surface area contributed by atoms with Gasteiger partial charge in [0.15, 0.2) is 0 Å². The van der Waals surface area contributed by atoms with Gasteiger partial charge in [-0.15, -0.1) is 0 Å². The Morgan fingerprint density at radius 1 is 0.481 bits per heavy atom. The molecule has 10 aromatic rings. The first-order valence-electron chi connectivity index (χ1n) is 17.7. The molecule has 0 bridgehead atoms. The van der Waals surface area contributed by atoms with Crippen LogP contribution in [0.1, 0.15) is 29.0 Å². The topological polar surface area (TPSA) is 62.7 Å². The summed E-state index contributed by atoms with van der Waals surface area (Å²) in [6, 6.07) is 57.4. The third-order valence-electron chi connectivity index (χ3n) is 10.6. The van der Waals surface area contributed by atoms with Crippen molar-refractivity contribution in [1.29, 1.82) is 0 Å². The molecule has 0 amide bonds. The van der Waals surface area contributed by atoms with Crippen molar-refractivity contribution >= 4 is 71.3 Å². The molecule has 3 heterocycles. The zero-order valence-electron chi connectivity index (χ0n) is 28.0. The Morgan fingerprint density at radius 3 is 2.17 bits per heavy atom. The molecule has 8 aromatic carbocycles. The summed E-state index contributed by atoms with van der Waals surface area (Å²) in [5.41, 5.74) is 8.83. The highest BCUT2D eigenvalue weighted by Gasteiger charge is 2.28. The Labute approximate surface area is 298 Å². The number of nitrogens with zero attached hydrogens (tertiary/aromatic N) is 1. The van der Waals surface area contributed by atoms with E-state index in [4.69, 9.17) is 13.8 Å². The summed E-state index contributed by atoms with van der Waals surface area (Å²) in [5, 5.41) is 16.9. The molecule has 2 unspecified atom stereocenters. The molecule has 2 N–H and O–H groups in total. The quantitative estimate of drug-likeness (QED) is 0.183. The van der Waals surface area contributed by atoms with Crippen LogP contribution in [-0.2, 0) is 0 Å². The lowest BCUT2D eigenvalue weighted by molar-refractivity contribution is 0.411. The molecule has 0 saturated heterocycles. The number of fused-ring (bicyclic) bond motifs is 9. The molecule has 0 spiro atoms. The molecule has 11 rings (SSSR count). The van der Waals surface area contributed by atoms with E-state index in [1.54, 1.807) is 0 Å². The van der Waals surface area contributed by atoms with Gasteiger partial charge in [0, 0.05) is 38.2 Å². The standard InChI is InChI=1S/C47H31N3O2/c1-2-11-29(12-3-1)45-48-46(32-22-24-34-30(26-32)21-20-28-10-4-5-13-33(28)34)50-47(49-45)38-17-9-19-42-43(38)37-16-8-15-35(44(37)52-42)31-23-25-41-39(27-31)36-14-6-7-18-40(36)51-41/h1-27,46-47,50H,(H,48,49). The second-order valence-corrected chi connectivity index (χ2v) is 13.6. The van der Waals surface area contributed by atoms with E-state index in [1.807, 2.05) is 18.2 Å². The summed E-state index contributed by atoms with van der Waals surface area (Å²) in [5.74, 6) is 0.846. The van der Waals surface area contributed by atoms with Crippen LogP contribution in [0, 0.1) is 0 Å². The highest BCUT2D eigenvalue weighted by atomic mass is 16.3. The number of nitrogens with one attached hydrogen (secondary N) is 2. The van der Waals surface area contributed by atoms with Gasteiger partial charge < -0.3 is 14.2 Å². The van der Waals surface area contributed by atoms with Gasteiger partial charge in [-0.2, -0.15) is 0 Å². The van der Waals surface area contributed by atoms with Gasteiger partial charge in [0.25, 0.3) is 0 Å². The molecule has 1 aliphatic heterocycles. The monoisotopic (exact) mass is 669 g/mol. The fourth-order valence-corrected chi connectivity index (χ4v) is 8.07. The number of benzene rings is 8. The van der Waals surface area contributed by atoms with E-state index >= 15 is 0 Å². The Balaban J connectivity index is 1.05. The van der Waals surface area contributed by atoms with Gasteiger partial charge >= 0.3 is 0 Å².